The first kappa shape index (κ1) is 17.2. The highest BCUT2D eigenvalue weighted by atomic mass is 32.2. The predicted octanol–water partition coefficient (Wildman–Crippen LogP) is 2.08. The summed E-state index contributed by atoms with van der Waals surface area (Å²) in [6.07, 6.45) is 1.68. The highest BCUT2D eigenvalue weighted by Crippen LogP contribution is 2.24. The van der Waals surface area contributed by atoms with E-state index in [2.05, 4.69) is 13.8 Å². The van der Waals surface area contributed by atoms with Crippen LogP contribution in [-0.4, -0.2) is 39.0 Å². The summed E-state index contributed by atoms with van der Waals surface area (Å²) in [6.45, 7) is 6.51. The van der Waals surface area contributed by atoms with Crippen molar-refractivity contribution in [2.45, 2.75) is 31.6 Å². The molecule has 124 valence electrons. The molecule has 6 heteroatoms. The van der Waals surface area contributed by atoms with Crippen LogP contribution < -0.4 is 10.5 Å². The second kappa shape index (κ2) is 7.44. The van der Waals surface area contributed by atoms with Crippen LogP contribution in [0.4, 0.5) is 0 Å². The molecule has 1 aromatic rings. The quantitative estimate of drug-likeness (QED) is 0.869. The Labute approximate surface area is 133 Å². The summed E-state index contributed by atoms with van der Waals surface area (Å²) in [5.74, 6) is 1.58. The van der Waals surface area contributed by atoms with E-state index in [1.165, 1.54) is 0 Å². The van der Waals surface area contributed by atoms with Gasteiger partial charge in [0.1, 0.15) is 5.75 Å². The molecule has 0 spiro atoms. The first-order valence-electron chi connectivity index (χ1n) is 7.86. The number of nitrogens with two attached hydrogens (primary N) is 1. The zero-order chi connectivity index (χ0) is 16.2. The SMILES string of the molecule is CC(C)COc1ccc(S(=O)(=O)N2CCC(CN)CC2)cc1. The molecule has 1 aromatic carbocycles. The molecule has 0 saturated carbocycles. The molecule has 0 unspecified atom stereocenters. The maximum absolute atomic E-state index is 12.6. The van der Waals surface area contributed by atoms with Gasteiger partial charge in [-0.25, -0.2) is 8.42 Å². The number of ether oxygens (including phenoxy) is 1. The van der Waals surface area contributed by atoms with E-state index in [0.29, 0.717) is 48.7 Å². The van der Waals surface area contributed by atoms with Crippen molar-refractivity contribution in [2.75, 3.05) is 26.2 Å². The summed E-state index contributed by atoms with van der Waals surface area (Å²) in [4.78, 5) is 0.329. The molecule has 22 heavy (non-hydrogen) atoms. The molecule has 1 aliphatic rings. The third kappa shape index (κ3) is 4.21. The largest absolute Gasteiger partial charge is 0.493 e. The Kier molecular flexibility index (Phi) is 5.83. The van der Waals surface area contributed by atoms with Gasteiger partial charge in [-0.3, -0.25) is 0 Å². The van der Waals surface area contributed by atoms with Gasteiger partial charge in [0, 0.05) is 13.1 Å². The van der Waals surface area contributed by atoms with Crippen molar-refractivity contribution in [2.24, 2.45) is 17.6 Å². The normalized spacial score (nSPS) is 17.8. The summed E-state index contributed by atoms with van der Waals surface area (Å²) in [5, 5.41) is 0. The van der Waals surface area contributed by atoms with E-state index >= 15 is 0 Å². The van der Waals surface area contributed by atoms with Crippen molar-refractivity contribution in [3.05, 3.63) is 24.3 Å². The molecular weight excluding hydrogens is 300 g/mol. The second-order valence-electron chi connectivity index (χ2n) is 6.26. The molecule has 2 rings (SSSR count). The van der Waals surface area contributed by atoms with Gasteiger partial charge in [-0.05, 0) is 55.5 Å². The molecule has 1 fully saturated rings. The van der Waals surface area contributed by atoms with Crippen LogP contribution in [0.3, 0.4) is 0 Å². The highest BCUT2D eigenvalue weighted by Gasteiger charge is 2.28. The van der Waals surface area contributed by atoms with Crippen LogP contribution in [0, 0.1) is 11.8 Å². The lowest BCUT2D eigenvalue weighted by Gasteiger charge is -2.30. The van der Waals surface area contributed by atoms with Gasteiger partial charge < -0.3 is 10.5 Å². The summed E-state index contributed by atoms with van der Waals surface area (Å²) >= 11 is 0. The minimum Gasteiger partial charge on any atom is -0.493 e. The molecule has 5 nitrogen and oxygen atoms in total. The van der Waals surface area contributed by atoms with Gasteiger partial charge in [0.05, 0.1) is 11.5 Å². The van der Waals surface area contributed by atoms with E-state index in [-0.39, 0.29) is 0 Å². The van der Waals surface area contributed by atoms with E-state index < -0.39 is 10.0 Å². The van der Waals surface area contributed by atoms with Gasteiger partial charge in [-0.15, -0.1) is 0 Å². The summed E-state index contributed by atoms with van der Waals surface area (Å²) in [7, 11) is -3.40. The third-order valence-corrected chi connectivity index (χ3v) is 5.86. The number of rotatable bonds is 6. The number of sulfonamides is 1. The third-order valence-electron chi connectivity index (χ3n) is 3.95. The Morgan fingerprint density at radius 3 is 2.32 bits per heavy atom. The lowest BCUT2D eigenvalue weighted by Crippen LogP contribution is -2.39. The van der Waals surface area contributed by atoms with Crippen LogP contribution in [-0.2, 0) is 10.0 Å². The molecule has 0 bridgehead atoms. The first-order valence-corrected chi connectivity index (χ1v) is 9.30. The fourth-order valence-electron chi connectivity index (χ4n) is 2.51. The molecule has 0 amide bonds. The van der Waals surface area contributed by atoms with Crippen molar-refractivity contribution in [3.63, 3.8) is 0 Å². The Morgan fingerprint density at radius 2 is 1.82 bits per heavy atom. The Hall–Kier alpha value is -1.11. The number of benzene rings is 1. The van der Waals surface area contributed by atoms with Crippen molar-refractivity contribution < 1.29 is 13.2 Å². The zero-order valence-electron chi connectivity index (χ0n) is 13.4. The number of hydrogen-bond acceptors (Lipinski definition) is 4. The van der Waals surface area contributed by atoms with Crippen LogP contribution in [0.25, 0.3) is 0 Å². The molecule has 1 heterocycles. The van der Waals surface area contributed by atoms with Crippen molar-refractivity contribution in [1.29, 1.82) is 0 Å². The molecular formula is C16H26N2O3S. The van der Waals surface area contributed by atoms with Crippen LogP contribution >= 0.6 is 0 Å². The highest BCUT2D eigenvalue weighted by molar-refractivity contribution is 7.89. The van der Waals surface area contributed by atoms with E-state index in [0.717, 1.165) is 12.8 Å². The molecule has 0 atom stereocenters. The Balaban J connectivity index is 2.03. The molecule has 1 saturated heterocycles. The van der Waals surface area contributed by atoms with E-state index in [1.807, 2.05) is 0 Å². The van der Waals surface area contributed by atoms with Crippen LogP contribution in [0.15, 0.2) is 29.2 Å². The molecule has 1 aliphatic heterocycles. The topological polar surface area (TPSA) is 72.6 Å². The van der Waals surface area contributed by atoms with Crippen molar-refractivity contribution in [3.8, 4) is 5.75 Å². The summed E-state index contributed by atoms with van der Waals surface area (Å²) in [5.41, 5.74) is 5.65. The van der Waals surface area contributed by atoms with Gasteiger partial charge in [0.15, 0.2) is 0 Å². The second-order valence-corrected chi connectivity index (χ2v) is 8.20. The van der Waals surface area contributed by atoms with Gasteiger partial charge >= 0.3 is 0 Å². The van der Waals surface area contributed by atoms with Crippen LogP contribution in [0.5, 0.6) is 5.75 Å². The zero-order valence-corrected chi connectivity index (χ0v) is 14.2. The minimum atomic E-state index is -3.40. The fraction of sp³-hybridized carbons (Fsp3) is 0.625. The van der Waals surface area contributed by atoms with Crippen molar-refractivity contribution in [1.82, 2.24) is 4.31 Å². The molecule has 0 aromatic heterocycles. The van der Waals surface area contributed by atoms with Gasteiger partial charge in [-0.2, -0.15) is 4.31 Å². The van der Waals surface area contributed by atoms with E-state index in [9.17, 15) is 8.42 Å². The Bertz CT molecular complexity index is 562. The number of piperidine rings is 1. The maximum atomic E-state index is 12.6. The first-order chi connectivity index (χ1) is 10.4. The van der Waals surface area contributed by atoms with Gasteiger partial charge in [0.2, 0.25) is 10.0 Å². The maximum Gasteiger partial charge on any atom is 0.243 e. The molecule has 0 aliphatic carbocycles. The summed E-state index contributed by atoms with van der Waals surface area (Å²) < 4.78 is 32.4. The Morgan fingerprint density at radius 1 is 1.23 bits per heavy atom. The summed E-state index contributed by atoms with van der Waals surface area (Å²) in [6, 6.07) is 6.70. The van der Waals surface area contributed by atoms with E-state index in [4.69, 9.17) is 10.5 Å². The van der Waals surface area contributed by atoms with Gasteiger partial charge in [0.25, 0.3) is 0 Å². The lowest BCUT2D eigenvalue weighted by atomic mass is 9.99. The predicted molar refractivity (Wildman–Crippen MR) is 87.3 cm³/mol. The molecule has 2 N–H and O–H groups in total. The fourth-order valence-corrected chi connectivity index (χ4v) is 3.97. The average molecular weight is 326 g/mol. The van der Waals surface area contributed by atoms with Crippen molar-refractivity contribution >= 4 is 10.0 Å². The lowest BCUT2D eigenvalue weighted by molar-refractivity contribution is 0.270. The standard InChI is InChI=1S/C16H26N2O3S/c1-13(2)12-21-15-3-5-16(6-4-15)22(19,20)18-9-7-14(11-17)8-10-18/h3-6,13-14H,7-12,17H2,1-2H3. The monoisotopic (exact) mass is 326 g/mol. The van der Waals surface area contributed by atoms with Crippen LogP contribution in [0.1, 0.15) is 26.7 Å². The van der Waals surface area contributed by atoms with E-state index in [1.54, 1.807) is 28.6 Å². The minimum absolute atomic E-state index is 0.329. The average Bonchev–Trinajstić information content (AvgIpc) is 2.53. The molecule has 0 radical (unpaired) electrons. The smallest absolute Gasteiger partial charge is 0.243 e. The number of nitrogens with zero attached hydrogens (tertiary/aromatic N) is 1. The van der Waals surface area contributed by atoms with Gasteiger partial charge in [-0.1, -0.05) is 13.8 Å². The number of hydrogen-bond donors (Lipinski definition) is 1. The van der Waals surface area contributed by atoms with Crippen LogP contribution in [0.2, 0.25) is 0 Å².